The molecule has 0 radical (unpaired) electrons. The van der Waals surface area contributed by atoms with Gasteiger partial charge in [-0.15, -0.1) is 11.6 Å². The molecule has 1 aromatic carbocycles. The fraction of sp³-hybridized carbons (Fsp3) is 0.571. The molecule has 0 saturated carbocycles. The van der Waals surface area contributed by atoms with Crippen molar-refractivity contribution in [3.05, 3.63) is 34.6 Å². The number of rotatable bonds is 4. The van der Waals surface area contributed by atoms with E-state index in [0.29, 0.717) is 5.92 Å². The molecule has 0 amide bonds. The third-order valence-electron chi connectivity index (χ3n) is 3.51. The topological polar surface area (TPSA) is 3.24 Å². The molecule has 100 valence electrons. The summed E-state index contributed by atoms with van der Waals surface area (Å²) in [5.41, 5.74) is 0.989. The van der Waals surface area contributed by atoms with Crippen molar-refractivity contribution in [2.45, 2.75) is 25.8 Å². The van der Waals surface area contributed by atoms with Gasteiger partial charge in [-0.2, -0.15) is 0 Å². The minimum absolute atomic E-state index is 0.192. The molecule has 1 heterocycles. The first kappa shape index (κ1) is 14.1. The van der Waals surface area contributed by atoms with Gasteiger partial charge in [-0.1, -0.05) is 17.7 Å². The molecule has 18 heavy (non-hydrogen) atoms. The summed E-state index contributed by atoms with van der Waals surface area (Å²) >= 11 is 11.5. The molecule has 0 aliphatic carbocycles. The second-order valence-electron chi connectivity index (χ2n) is 4.97. The molecule has 1 nitrogen and oxygen atoms in total. The lowest BCUT2D eigenvalue weighted by Crippen LogP contribution is -2.35. The Morgan fingerprint density at radius 3 is 2.94 bits per heavy atom. The molecule has 0 bridgehead atoms. The number of halogens is 3. The van der Waals surface area contributed by atoms with Crippen LogP contribution in [0.1, 0.15) is 24.8 Å². The molecule has 1 saturated heterocycles. The number of hydrogen-bond acceptors (Lipinski definition) is 1. The van der Waals surface area contributed by atoms with Crippen molar-refractivity contribution in [2.24, 2.45) is 5.92 Å². The maximum atomic E-state index is 13.4. The molecule has 1 aliphatic rings. The average molecular weight is 290 g/mol. The first-order chi connectivity index (χ1) is 8.69. The predicted molar refractivity (Wildman–Crippen MR) is 74.7 cm³/mol. The van der Waals surface area contributed by atoms with Crippen molar-refractivity contribution < 1.29 is 4.39 Å². The Hall–Kier alpha value is -0.310. The maximum Gasteiger partial charge on any atom is 0.142 e. The van der Waals surface area contributed by atoms with Gasteiger partial charge in [0.15, 0.2) is 0 Å². The number of alkyl halides is 1. The van der Waals surface area contributed by atoms with E-state index in [2.05, 4.69) is 4.90 Å². The van der Waals surface area contributed by atoms with Crippen LogP contribution < -0.4 is 0 Å². The summed E-state index contributed by atoms with van der Waals surface area (Å²) in [7, 11) is 0. The Morgan fingerprint density at radius 1 is 1.39 bits per heavy atom. The lowest BCUT2D eigenvalue weighted by molar-refractivity contribution is 0.165. The molecule has 0 aromatic heterocycles. The molecular weight excluding hydrogens is 272 g/mol. The number of hydrogen-bond donors (Lipinski definition) is 0. The lowest BCUT2D eigenvalue weighted by atomic mass is 9.95. The third-order valence-corrected chi connectivity index (χ3v) is 4.04. The summed E-state index contributed by atoms with van der Waals surface area (Å²) in [5.74, 6) is 1.09. The molecule has 0 N–H and O–H groups in total. The Morgan fingerprint density at radius 2 is 2.22 bits per heavy atom. The molecule has 4 heteroatoms. The van der Waals surface area contributed by atoms with Gasteiger partial charge in [-0.25, -0.2) is 4.39 Å². The van der Waals surface area contributed by atoms with E-state index >= 15 is 0 Å². The Bertz CT molecular complexity index is 395. The molecule has 1 aliphatic heterocycles. The van der Waals surface area contributed by atoms with E-state index in [4.69, 9.17) is 23.2 Å². The quantitative estimate of drug-likeness (QED) is 0.746. The minimum Gasteiger partial charge on any atom is -0.299 e. The zero-order valence-electron chi connectivity index (χ0n) is 10.3. The van der Waals surface area contributed by atoms with Crippen LogP contribution in [0.5, 0.6) is 0 Å². The second kappa shape index (κ2) is 6.74. The fourth-order valence-corrected chi connectivity index (χ4v) is 3.01. The SMILES string of the molecule is Fc1cc(CN2CCCC(CCCl)C2)ccc1Cl. The van der Waals surface area contributed by atoms with E-state index in [1.165, 1.54) is 18.9 Å². The van der Waals surface area contributed by atoms with E-state index in [9.17, 15) is 4.39 Å². The summed E-state index contributed by atoms with van der Waals surface area (Å²) < 4.78 is 13.4. The Labute approximate surface area is 118 Å². The van der Waals surface area contributed by atoms with E-state index in [1.807, 2.05) is 6.07 Å². The highest BCUT2D eigenvalue weighted by Crippen LogP contribution is 2.23. The van der Waals surface area contributed by atoms with Crippen LogP contribution in [0.25, 0.3) is 0 Å². The van der Waals surface area contributed by atoms with Gasteiger partial charge < -0.3 is 0 Å². The van der Waals surface area contributed by atoms with E-state index in [-0.39, 0.29) is 10.8 Å². The normalized spacial score (nSPS) is 21.2. The van der Waals surface area contributed by atoms with E-state index in [1.54, 1.807) is 6.07 Å². The van der Waals surface area contributed by atoms with Gasteiger partial charge in [0.1, 0.15) is 5.82 Å². The van der Waals surface area contributed by atoms with Gasteiger partial charge in [0.25, 0.3) is 0 Å². The van der Waals surface area contributed by atoms with Crippen molar-refractivity contribution in [2.75, 3.05) is 19.0 Å². The Balaban J connectivity index is 1.93. The highest BCUT2D eigenvalue weighted by molar-refractivity contribution is 6.30. The summed E-state index contributed by atoms with van der Waals surface area (Å²) in [6.45, 7) is 2.95. The highest BCUT2D eigenvalue weighted by atomic mass is 35.5. The van der Waals surface area contributed by atoms with Crippen LogP contribution in [0.2, 0.25) is 5.02 Å². The zero-order valence-corrected chi connectivity index (χ0v) is 11.9. The van der Waals surface area contributed by atoms with Crippen LogP contribution >= 0.6 is 23.2 Å². The molecule has 1 unspecified atom stereocenters. The van der Waals surface area contributed by atoms with Crippen LogP contribution in [0.15, 0.2) is 18.2 Å². The minimum atomic E-state index is -0.330. The molecule has 1 atom stereocenters. The third kappa shape index (κ3) is 3.84. The van der Waals surface area contributed by atoms with Crippen LogP contribution in [0.3, 0.4) is 0 Å². The lowest BCUT2D eigenvalue weighted by Gasteiger charge is -2.32. The number of piperidine rings is 1. The van der Waals surface area contributed by atoms with Crippen molar-refractivity contribution in [1.82, 2.24) is 4.90 Å². The van der Waals surface area contributed by atoms with Crippen molar-refractivity contribution in [3.8, 4) is 0 Å². The summed E-state index contributed by atoms with van der Waals surface area (Å²) in [4.78, 5) is 2.38. The van der Waals surface area contributed by atoms with Crippen LogP contribution in [-0.2, 0) is 6.54 Å². The maximum absolute atomic E-state index is 13.4. The first-order valence-electron chi connectivity index (χ1n) is 6.41. The predicted octanol–water partition coefficient (Wildman–Crippen LogP) is 4.32. The molecule has 1 aromatic rings. The summed E-state index contributed by atoms with van der Waals surface area (Å²) in [5, 5.41) is 0.192. The second-order valence-corrected chi connectivity index (χ2v) is 5.75. The van der Waals surface area contributed by atoms with Gasteiger partial charge in [0.2, 0.25) is 0 Å². The van der Waals surface area contributed by atoms with Gasteiger partial charge >= 0.3 is 0 Å². The zero-order chi connectivity index (χ0) is 13.0. The smallest absolute Gasteiger partial charge is 0.142 e. The number of benzene rings is 1. The summed E-state index contributed by atoms with van der Waals surface area (Å²) in [6, 6.07) is 5.07. The number of nitrogens with zero attached hydrogens (tertiary/aromatic N) is 1. The Kier molecular flexibility index (Phi) is 5.28. The first-order valence-corrected chi connectivity index (χ1v) is 7.32. The monoisotopic (exact) mass is 289 g/mol. The van der Waals surface area contributed by atoms with Gasteiger partial charge in [0, 0.05) is 19.0 Å². The van der Waals surface area contributed by atoms with Crippen molar-refractivity contribution >= 4 is 23.2 Å². The fourth-order valence-electron chi connectivity index (χ4n) is 2.58. The molecule has 1 fully saturated rings. The summed E-state index contributed by atoms with van der Waals surface area (Å²) in [6.07, 6.45) is 3.54. The van der Waals surface area contributed by atoms with Crippen molar-refractivity contribution in [3.63, 3.8) is 0 Å². The van der Waals surface area contributed by atoms with E-state index < -0.39 is 0 Å². The molecular formula is C14H18Cl2FN. The van der Waals surface area contributed by atoms with Crippen LogP contribution in [0, 0.1) is 11.7 Å². The van der Waals surface area contributed by atoms with Gasteiger partial charge in [0.05, 0.1) is 5.02 Å². The van der Waals surface area contributed by atoms with Gasteiger partial charge in [-0.05, 0) is 49.4 Å². The largest absolute Gasteiger partial charge is 0.299 e. The standard InChI is InChI=1S/C14H18Cl2FN/c15-6-5-11-2-1-7-18(9-11)10-12-3-4-13(16)14(17)8-12/h3-4,8,11H,1-2,5-7,9-10H2. The van der Waals surface area contributed by atoms with E-state index in [0.717, 1.165) is 37.5 Å². The van der Waals surface area contributed by atoms with Crippen molar-refractivity contribution in [1.29, 1.82) is 0 Å². The van der Waals surface area contributed by atoms with Crippen LogP contribution in [0.4, 0.5) is 4.39 Å². The molecule has 2 rings (SSSR count). The highest BCUT2D eigenvalue weighted by Gasteiger charge is 2.19. The van der Waals surface area contributed by atoms with Gasteiger partial charge in [-0.3, -0.25) is 4.90 Å². The van der Waals surface area contributed by atoms with Crippen LogP contribution in [-0.4, -0.2) is 23.9 Å². The molecule has 0 spiro atoms. The number of likely N-dealkylation sites (tertiary alicyclic amines) is 1. The average Bonchev–Trinajstić information content (AvgIpc) is 2.35.